The van der Waals surface area contributed by atoms with Crippen molar-refractivity contribution in [2.24, 2.45) is 11.3 Å². The van der Waals surface area contributed by atoms with Gasteiger partial charge in [0.1, 0.15) is 6.61 Å². The SMILES string of the molecule is CC(C)OCC(=O)NC1CCCCC1C(C)(C)C. The average Bonchev–Trinajstić information content (AvgIpc) is 2.25. The van der Waals surface area contributed by atoms with Gasteiger partial charge in [-0.05, 0) is 38.0 Å². The number of rotatable bonds is 4. The van der Waals surface area contributed by atoms with E-state index in [0.717, 1.165) is 6.42 Å². The lowest BCUT2D eigenvalue weighted by atomic mass is 9.69. The second-order valence-electron chi connectivity index (χ2n) is 6.79. The first-order chi connectivity index (χ1) is 8.30. The molecular weight excluding hydrogens is 226 g/mol. The minimum absolute atomic E-state index is 0.0323. The van der Waals surface area contributed by atoms with Gasteiger partial charge in [0, 0.05) is 6.04 Å². The highest BCUT2D eigenvalue weighted by Gasteiger charge is 2.34. The third-order valence-corrected chi connectivity index (χ3v) is 3.77. The smallest absolute Gasteiger partial charge is 0.246 e. The lowest BCUT2D eigenvalue weighted by Crippen LogP contribution is -2.47. The van der Waals surface area contributed by atoms with E-state index in [1.54, 1.807) is 0 Å². The summed E-state index contributed by atoms with van der Waals surface area (Å²) < 4.78 is 5.35. The van der Waals surface area contributed by atoms with Gasteiger partial charge in [-0.15, -0.1) is 0 Å². The Hall–Kier alpha value is -0.570. The molecule has 1 fully saturated rings. The highest BCUT2D eigenvalue weighted by molar-refractivity contribution is 5.77. The normalized spacial score (nSPS) is 25.2. The first kappa shape index (κ1) is 15.5. The molecule has 0 bridgehead atoms. The molecule has 0 aliphatic heterocycles. The van der Waals surface area contributed by atoms with E-state index in [4.69, 9.17) is 4.74 Å². The Morgan fingerprint density at radius 1 is 1.28 bits per heavy atom. The highest BCUT2D eigenvalue weighted by atomic mass is 16.5. The number of amides is 1. The predicted molar refractivity (Wildman–Crippen MR) is 74.4 cm³/mol. The van der Waals surface area contributed by atoms with Gasteiger partial charge in [-0.1, -0.05) is 33.6 Å². The Morgan fingerprint density at radius 3 is 2.44 bits per heavy atom. The summed E-state index contributed by atoms with van der Waals surface area (Å²) in [6, 6.07) is 0.321. The average molecular weight is 255 g/mol. The number of carbonyl (C=O) groups excluding carboxylic acids is 1. The van der Waals surface area contributed by atoms with Gasteiger partial charge in [0.25, 0.3) is 0 Å². The van der Waals surface area contributed by atoms with Crippen LogP contribution in [0.5, 0.6) is 0 Å². The van der Waals surface area contributed by atoms with E-state index in [-0.39, 0.29) is 24.0 Å². The van der Waals surface area contributed by atoms with Crippen LogP contribution in [-0.4, -0.2) is 24.7 Å². The van der Waals surface area contributed by atoms with Gasteiger partial charge in [-0.25, -0.2) is 0 Å². The van der Waals surface area contributed by atoms with Crippen LogP contribution in [0.25, 0.3) is 0 Å². The highest BCUT2D eigenvalue weighted by Crippen LogP contribution is 2.37. The standard InChI is InChI=1S/C15H29NO2/c1-11(2)18-10-14(17)16-13-9-7-6-8-12(13)15(3,4)5/h11-13H,6-10H2,1-5H3,(H,16,17). The number of ether oxygens (including phenoxy) is 1. The number of hydrogen-bond donors (Lipinski definition) is 1. The first-order valence-electron chi connectivity index (χ1n) is 7.21. The van der Waals surface area contributed by atoms with Crippen molar-refractivity contribution >= 4 is 5.91 Å². The molecule has 0 aromatic heterocycles. The Kier molecular flexibility index (Phi) is 5.64. The molecule has 0 radical (unpaired) electrons. The molecule has 1 rings (SSSR count). The molecule has 106 valence electrons. The molecule has 3 heteroatoms. The van der Waals surface area contributed by atoms with Gasteiger partial charge in [0.15, 0.2) is 0 Å². The largest absolute Gasteiger partial charge is 0.369 e. The van der Waals surface area contributed by atoms with E-state index in [9.17, 15) is 4.79 Å². The monoisotopic (exact) mass is 255 g/mol. The molecule has 0 saturated heterocycles. The maximum absolute atomic E-state index is 11.9. The van der Waals surface area contributed by atoms with Crippen LogP contribution in [-0.2, 0) is 9.53 Å². The molecule has 0 aromatic carbocycles. The summed E-state index contributed by atoms with van der Waals surface area (Å²) in [6.45, 7) is 10.9. The van der Waals surface area contributed by atoms with Crippen molar-refractivity contribution in [2.45, 2.75) is 72.4 Å². The fourth-order valence-electron chi connectivity index (χ4n) is 2.83. The van der Waals surface area contributed by atoms with Crippen LogP contribution in [0.4, 0.5) is 0 Å². The number of carbonyl (C=O) groups is 1. The maximum atomic E-state index is 11.9. The van der Waals surface area contributed by atoms with Gasteiger partial charge < -0.3 is 10.1 Å². The minimum Gasteiger partial charge on any atom is -0.369 e. The van der Waals surface area contributed by atoms with E-state index in [2.05, 4.69) is 26.1 Å². The van der Waals surface area contributed by atoms with Crippen molar-refractivity contribution in [3.8, 4) is 0 Å². The van der Waals surface area contributed by atoms with Crippen molar-refractivity contribution < 1.29 is 9.53 Å². The van der Waals surface area contributed by atoms with E-state index in [1.165, 1.54) is 19.3 Å². The predicted octanol–water partition coefficient (Wildman–Crippen LogP) is 3.13. The number of hydrogen-bond acceptors (Lipinski definition) is 2. The molecule has 1 aliphatic rings. The van der Waals surface area contributed by atoms with Crippen LogP contribution in [0.1, 0.15) is 60.3 Å². The summed E-state index contributed by atoms with van der Waals surface area (Å²) in [6.07, 6.45) is 4.95. The van der Waals surface area contributed by atoms with Gasteiger partial charge in [0.05, 0.1) is 6.10 Å². The Morgan fingerprint density at radius 2 is 1.89 bits per heavy atom. The van der Waals surface area contributed by atoms with Gasteiger partial charge >= 0.3 is 0 Å². The third kappa shape index (κ3) is 4.97. The van der Waals surface area contributed by atoms with Crippen LogP contribution < -0.4 is 5.32 Å². The molecule has 0 heterocycles. The molecule has 2 unspecified atom stereocenters. The summed E-state index contributed by atoms with van der Waals surface area (Å²) in [5.74, 6) is 0.610. The van der Waals surface area contributed by atoms with Crippen LogP contribution in [0.3, 0.4) is 0 Å². The van der Waals surface area contributed by atoms with Crippen molar-refractivity contribution in [3.05, 3.63) is 0 Å². The fourth-order valence-corrected chi connectivity index (χ4v) is 2.83. The molecule has 2 atom stereocenters. The van der Waals surface area contributed by atoms with Crippen molar-refractivity contribution in [3.63, 3.8) is 0 Å². The van der Waals surface area contributed by atoms with E-state index >= 15 is 0 Å². The Labute approximate surface area is 112 Å². The van der Waals surface area contributed by atoms with Crippen molar-refractivity contribution in [2.75, 3.05) is 6.61 Å². The first-order valence-corrected chi connectivity index (χ1v) is 7.21. The zero-order chi connectivity index (χ0) is 13.8. The third-order valence-electron chi connectivity index (χ3n) is 3.77. The lowest BCUT2D eigenvalue weighted by Gasteiger charge is -2.40. The van der Waals surface area contributed by atoms with Gasteiger partial charge in [0.2, 0.25) is 5.91 Å². The molecule has 1 N–H and O–H groups in total. The number of nitrogens with one attached hydrogen (secondary N) is 1. The van der Waals surface area contributed by atoms with Crippen LogP contribution in [0.2, 0.25) is 0 Å². The topological polar surface area (TPSA) is 38.3 Å². The zero-order valence-electron chi connectivity index (χ0n) is 12.6. The van der Waals surface area contributed by atoms with E-state index in [0.29, 0.717) is 12.0 Å². The summed E-state index contributed by atoms with van der Waals surface area (Å²) in [5.41, 5.74) is 0.261. The summed E-state index contributed by atoms with van der Waals surface area (Å²) in [4.78, 5) is 11.9. The summed E-state index contributed by atoms with van der Waals surface area (Å²) >= 11 is 0. The van der Waals surface area contributed by atoms with Gasteiger partial charge in [-0.2, -0.15) is 0 Å². The van der Waals surface area contributed by atoms with E-state index in [1.807, 2.05) is 13.8 Å². The molecular formula is C15H29NO2. The molecule has 1 amide bonds. The fraction of sp³-hybridized carbons (Fsp3) is 0.933. The van der Waals surface area contributed by atoms with Crippen molar-refractivity contribution in [1.29, 1.82) is 0 Å². The maximum Gasteiger partial charge on any atom is 0.246 e. The Bertz CT molecular complexity index is 268. The molecule has 0 aromatic rings. The minimum atomic E-state index is 0.0323. The second-order valence-corrected chi connectivity index (χ2v) is 6.79. The van der Waals surface area contributed by atoms with Crippen molar-refractivity contribution in [1.82, 2.24) is 5.32 Å². The zero-order valence-corrected chi connectivity index (χ0v) is 12.6. The van der Waals surface area contributed by atoms with Crippen LogP contribution >= 0.6 is 0 Å². The van der Waals surface area contributed by atoms with E-state index < -0.39 is 0 Å². The molecule has 0 spiro atoms. The molecule has 1 aliphatic carbocycles. The van der Waals surface area contributed by atoms with Crippen LogP contribution in [0.15, 0.2) is 0 Å². The molecule has 3 nitrogen and oxygen atoms in total. The Balaban J connectivity index is 2.49. The van der Waals surface area contributed by atoms with Crippen LogP contribution in [0, 0.1) is 11.3 Å². The summed E-state index contributed by atoms with van der Waals surface area (Å²) in [5, 5.41) is 3.17. The summed E-state index contributed by atoms with van der Waals surface area (Å²) in [7, 11) is 0. The quantitative estimate of drug-likeness (QED) is 0.838. The second kappa shape index (κ2) is 6.55. The van der Waals surface area contributed by atoms with Gasteiger partial charge in [-0.3, -0.25) is 4.79 Å². The molecule has 1 saturated carbocycles. The molecule has 18 heavy (non-hydrogen) atoms. The lowest BCUT2D eigenvalue weighted by molar-refractivity contribution is -0.128.